The van der Waals surface area contributed by atoms with Gasteiger partial charge in [-0.05, 0) is 30.5 Å². The van der Waals surface area contributed by atoms with Gasteiger partial charge in [0.05, 0.1) is 5.69 Å². The van der Waals surface area contributed by atoms with Crippen molar-refractivity contribution in [2.45, 2.75) is 31.2 Å². The minimum Gasteiger partial charge on any atom is -0.269 e. The van der Waals surface area contributed by atoms with Gasteiger partial charge in [-0.2, -0.15) is 0 Å². The first kappa shape index (κ1) is 17.5. The van der Waals surface area contributed by atoms with Gasteiger partial charge in [0.25, 0.3) is 5.56 Å². The third kappa shape index (κ3) is 3.64. The fourth-order valence-corrected chi connectivity index (χ4v) is 3.55. The van der Waals surface area contributed by atoms with Crippen molar-refractivity contribution >= 4 is 17.4 Å². The van der Waals surface area contributed by atoms with Crippen LogP contribution in [0.4, 0.5) is 0 Å². The Morgan fingerprint density at radius 1 is 1.15 bits per heavy atom. The molecule has 3 heterocycles. The van der Waals surface area contributed by atoms with Crippen molar-refractivity contribution in [1.82, 2.24) is 24.6 Å². The molecule has 0 aliphatic heterocycles. The normalized spacial score (nSPS) is 11.2. The highest BCUT2D eigenvalue weighted by Crippen LogP contribution is 2.22. The summed E-state index contributed by atoms with van der Waals surface area (Å²) in [4.78, 5) is 21.4. The van der Waals surface area contributed by atoms with Crippen molar-refractivity contribution in [1.29, 1.82) is 0 Å². The lowest BCUT2D eigenvalue weighted by Gasteiger charge is -2.05. The minimum absolute atomic E-state index is 0.0778. The Kier molecular flexibility index (Phi) is 4.77. The molecule has 0 aliphatic carbocycles. The number of thioether (sulfide) groups is 1. The molecule has 3 aromatic heterocycles. The Morgan fingerprint density at radius 2 is 1.96 bits per heavy atom. The van der Waals surface area contributed by atoms with Gasteiger partial charge in [-0.3, -0.25) is 14.3 Å². The number of aryl methyl sites for hydroxylation is 2. The van der Waals surface area contributed by atoms with E-state index in [0.717, 1.165) is 29.1 Å². The van der Waals surface area contributed by atoms with E-state index in [2.05, 4.69) is 39.2 Å². The maximum Gasteiger partial charge on any atom is 0.258 e. The number of fused-ring (bicyclic) bond motifs is 1. The highest BCUT2D eigenvalue weighted by atomic mass is 32.2. The van der Waals surface area contributed by atoms with Crippen molar-refractivity contribution in [3.63, 3.8) is 0 Å². The fourth-order valence-electron chi connectivity index (χ4n) is 2.86. The summed E-state index contributed by atoms with van der Waals surface area (Å²) in [5.74, 6) is 1.27. The maximum atomic E-state index is 12.3. The topological polar surface area (TPSA) is 75.9 Å². The van der Waals surface area contributed by atoms with E-state index in [9.17, 15) is 4.79 Å². The molecule has 0 bridgehead atoms. The molecule has 0 atom stereocenters. The summed E-state index contributed by atoms with van der Waals surface area (Å²) in [5, 5.41) is 7.88. The molecule has 0 saturated carbocycles. The van der Waals surface area contributed by atoms with Crippen LogP contribution in [-0.4, -0.2) is 24.6 Å². The molecule has 0 unspecified atom stereocenters. The number of nitrogens with zero attached hydrogens (tertiary/aromatic N) is 4. The molecule has 0 fully saturated rings. The molecule has 1 aromatic carbocycles. The van der Waals surface area contributed by atoms with E-state index in [-0.39, 0.29) is 5.56 Å². The van der Waals surface area contributed by atoms with Gasteiger partial charge < -0.3 is 0 Å². The molecule has 0 radical (unpaired) electrons. The SMILES string of the molecule is CCc1ccc(-c2nc(SCc3cc(=O)n4cccc(C)c4n3)n[nH]2)cc1. The molecule has 0 aliphatic rings. The smallest absolute Gasteiger partial charge is 0.258 e. The van der Waals surface area contributed by atoms with Crippen molar-refractivity contribution in [2.24, 2.45) is 0 Å². The minimum atomic E-state index is -0.0778. The second-order valence-corrected chi connectivity index (χ2v) is 7.22. The number of H-pyrrole nitrogens is 1. The lowest BCUT2D eigenvalue weighted by atomic mass is 10.1. The molecule has 7 heteroatoms. The monoisotopic (exact) mass is 377 g/mol. The Labute approximate surface area is 160 Å². The van der Waals surface area contributed by atoms with E-state index >= 15 is 0 Å². The first-order valence-electron chi connectivity index (χ1n) is 8.76. The first-order chi connectivity index (χ1) is 13.1. The van der Waals surface area contributed by atoms with E-state index in [1.807, 2.05) is 31.2 Å². The zero-order chi connectivity index (χ0) is 18.8. The first-order valence-corrected chi connectivity index (χ1v) is 9.75. The summed E-state index contributed by atoms with van der Waals surface area (Å²) in [6, 6.07) is 13.6. The van der Waals surface area contributed by atoms with Crippen LogP contribution in [0.3, 0.4) is 0 Å². The average Bonchev–Trinajstić information content (AvgIpc) is 3.16. The van der Waals surface area contributed by atoms with Crippen molar-refractivity contribution in [3.05, 3.63) is 75.8 Å². The predicted molar refractivity (Wildman–Crippen MR) is 107 cm³/mol. The number of aromatic nitrogens is 5. The van der Waals surface area contributed by atoms with E-state index in [1.54, 1.807) is 16.7 Å². The highest BCUT2D eigenvalue weighted by molar-refractivity contribution is 7.98. The molecule has 6 nitrogen and oxygen atoms in total. The van der Waals surface area contributed by atoms with Crippen molar-refractivity contribution < 1.29 is 0 Å². The van der Waals surface area contributed by atoms with Crippen LogP contribution in [0.2, 0.25) is 0 Å². The van der Waals surface area contributed by atoms with Crippen molar-refractivity contribution in [3.8, 4) is 11.4 Å². The van der Waals surface area contributed by atoms with E-state index in [4.69, 9.17) is 0 Å². The quantitative estimate of drug-likeness (QED) is 0.537. The van der Waals surface area contributed by atoms with Gasteiger partial charge in [-0.1, -0.05) is 49.0 Å². The number of aromatic amines is 1. The fraction of sp³-hybridized carbons (Fsp3) is 0.200. The predicted octanol–water partition coefficient (Wildman–Crippen LogP) is 3.64. The van der Waals surface area contributed by atoms with Crippen LogP contribution in [0.15, 0.2) is 58.6 Å². The van der Waals surface area contributed by atoms with Crippen LogP contribution in [0.5, 0.6) is 0 Å². The summed E-state index contributed by atoms with van der Waals surface area (Å²) in [6.45, 7) is 4.08. The molecular formula is C20H19N5OS. The molecule has 0 amide bonds. The van der Waals surface area contributed by atoms with Crippen LogP contribution in [0, 0.1) is 6.92 Å². The molecule has 0 saturated heterocycles. The van der Waals surface area contributed by atoms with Crippen LogP contribution in [-0.2, 0) is 12.2 Å². The number of hydrogen-bond donors (Lipinski definition) is 1. The third-order valence-electron chi connectivity index (χ3n) is 4.39. The van der Waals surface area contributed by atoms with Gasteiger partial charge in [-0.25, -0.2) is 9.97 Å². The Hall–Kier alpha value is -2.93. The number of hydrogen-bond acceptors (Lipinski definition) is 5. The second-order valence-electron chi connectivity index (χ2n) is 6.28. The summed E-state index contributed by atoms with van der Waals surface area (Å²) in [7, 11) is 0. The summed E-state index contributed by atoms with van der Waals surface area (Å²) < 4.78 is 1.56. The Bertz CT molecular complexity index is 1150. The second kappa shape index (κ2) is 7.36. The van der Waals surface area contributed by atoms with Gasteiger partial charge in [0.2, 0.25) is 5.16 Å². The van der Waals surface area contributed by atoms with Gasteiger partial charge in [0.15, 0.2) is 5.82 Å². The number of benzene rings is 1. The molecule has 1 N–H and O–H groups in total. The maximum absolute atomic E-state index is 12.3. The average molecular weight is 377 g/mol. The number of rotatable bonds is 5. The lowest BCUT2D eigenvalue weighted by Crippen LogP contribution is -2.15. The highest BCUT2D eigenvalue weighted by Gasteiger charge is 2.09. The molecular weight excluding hydrogens is 358 g/mol. The van der Waals surface area contributed by atoms with E-state index in [1.165, 1.54) is 17.3 Å². The zero-order valence-corrected chi connectivity index (χ0v) is 16.0. The summed E-state index contributed by atoms with van der Waals surface area (Å²) in [5.41, 5.74) is 4.59. The van der Waals surface area contributed by atoms with Crippen LogP contribution >= 0.6 is 11.8 Å². The van der Waals surface area contributed by atoms with Gasteiger partial charge in [0.1, 0.15) is 5.65 Å². The van der Waals surface area contributed by atoms with Crippen molar-refractivity contribution in [2.75, 3.05) is 0 Å². The third-order valence-corrected chi connectivity index (χ3v) is 5.27. The molecule has 27 heavy (non-hydrogen) atoms. The molecule has 136 valence electrons. The van der Waals surface area contributed by atoms with Gasteiger partial charge in [0, 0.05) is 23.6 Å². The molecule has 4 rings (SSSR count). The van der Waals surface area contributed by atoms with Crippen LogP contribution < -0.4 is 5.56 Å². The summed E-state index contributed by atoms with van der Waals surface area (Å²) >= 11 is 1.46. The summed E-state index contributed by atoms with van der Waals surface area (Å²) in [6.07, 6.45) is 2.75. The van der Waals surface area contributed by atoms with Crippen LogP contribution in [0.25, 0.3) is 17.0 Å². The number of pyridine rings is 1. The Balaban J connectivity index is 1.52. The zero-order valence-electron chi connectivity index (χ0n) is 15.1. The standard InChI is InChI=1S/C20H19N5OS/c1-3-14-6-8-15(9-7-14)18-22-20(24-23-18)27-12-16-11-17(26)25-10-4-5-13(2)19(25)21-16/h4-11H,3,12H2,1-2H3,(H,22,23,24). The van der Waals surface area contributed by atoms with Crippen LogP contribution in [0.1, 0.15) is 23.7 Å². The molecule has 4 aromatic rings. The van der Waals surface area contributed by atoms with Gasteiger partial charge >= 0.3 is 0 Å². The van der Waals surface area contributed by atoms with E-state index in [0.29, 0.717) is 16.6 Å². The molecule has 0 spiro atoms. The lowest BCUT2D eigenvalue weighted by molar-refractivity contribution is 0.967. The van der Waals surface area contributed by atoms with E-state index < -0.39 is 0 Å². The Morgan fingerprint density at radius 3 is 2.74 bits per heavy atom. The largest absolute Gasteiger partial charge is 0.269 e. The van der Waals surface area contributed by atoms with Gasteiger partial charge in [-0.15, -0.1) is 5.10 Å². The number of nitrogens with one attached hydrogen (secondary N) is 1.